The summed E-state index contributed by atoms with van der Waals surface area (Å²) in [6.45, 7) is 8.52. The summed E-state index contributed by atoms with van der Waals surface area (Å²) in [5, 5.41) is 8.22. The zero-order chi connectivity index (χ0) is 21.6. The van der Waals surface area contributed by atoms with Crippen LogP contribution in [0.1, 0.15) is 58.9 Å². The Morgan fingerprint density at radius 1 is 0.966 bits per heavy atom. The fourth-order valence-corrected chi connectivity index (χ4v) is 2.75. The van der Waals surface area contributed by atoms with Gasteiger partial charge >= 0.3 is 6.09 Å². The van der Waals surface area contributed by atoms with Crippen molar-refractivity contribution in [1.29, 1.82) is 0 Å². The molecular formula is C22H35N3O4. The summed E-state index contributed by atoms with van der Waals surface area (Å²) in [5.74, 6) is -0.407. The summed E-state index contributed by atoms with van der Waals surface area (Å²) >= 11 is 0. The number of rotatable bonds is 12. The van der Waals surface area contributed by atoms with Crippen LogP contribution in [0, 0.1) is 5.92 Å². The second-order valence-corrected chi connectivity index (χ2v) is 7.50. The van der Waals surface area contributed by atoms with E-state index in [0.717, 1.165) is 18.4 Å². The zero-order valence-electron chi connectivity index (χ0n) is 18.0. The lowest BCUT2D eigenvalue weighted by Crippen LogP contribution is -2.54. The maximum Gasteiger partial charge on any atom is 0.408 e. The number of hydrogen-bond donors (Lipinski definition) is 3. The maximum absolute atomic E-state index is 12.7. The lowest BCUT2D eigenvalue weighted by atomic mass is 10.0. The first kappa shape index (κ1) is 24.5. The molecule has 0 spiro atoms. The van der Waals surface area contributed by atoms with Crippen molar-refractivity contribution in [2.24, 2.45) is 5.92 Å². The number of benzene rings is 1. The number of nitrogens with one attached hydrogen (secondary N) is 3. The van der Waals surface area contributed by atoms with Gasteiger partial charge < -0.3 is 20.7 Å². The minimum Gasteiger partial charge on any atom is -0.445 e. The highest BCUT2D eigenvalue weighted by Gasteiger charge is 2.26. The van der Waals surface area contributed by atoms with Crippen molar-refractivity contribution >= 4 is 17.9 Å². The van der Waals surface area contributed by atoms with Crippen LogP contribution < -0.4 is 16.0 Å². The summed E-state index contributed by atoms with van der Waals surface area (Å²) in [4.78, 5) is 37.2. The average Bonchev–Trinajstić information content (AvgIpc) is 2.70. The first-order valence-corrected chi connectivity index (χ1v) is 10.4. The van der Waals surface area contributed by atoms with Gasteiger partial charge in [-0.25, -0.2) is 4.79 Å². The highest BCUT2D eigenvalue weighted by molar-refractivity contribution is 5.91. The van der Waals surface area contributed by atoms with E-state index in [0.29, 0.717) is 19.4 Å². The van der Waals surface area contributed by atoms with Gasteiger partial charge in [-0.3, -0.25) is 9.59 Å². The van der Waals surface area contributed by atoms with Gasteiger partial charge in [0.2, 0.25) is 11.8 Å². The van der Waals surface area contributed by atoms with E-state index >= 15 is 0 Å². The van der Waals surface area contributed by atoms with Gasteiger partial charge in [0.05, 0.1) is 0 Å². The second kappa shape index (κ2) is 13.6. The third-order valence-corrected chi connectivity index (χ3v) is 4.40. The smallest absolute Gasteiger partial charge is 0.408 e. The van der Waals surface area contributed by atoms with Gasteiger partial charge in [-0.1, -0.05) is 64.4 Å². The van der Waals surface area contributed by atoms with Crippen LogP contribution in [-0.2, 0) is 20.9 Å². The summed E-state index contributed by atoms with van der Waals surface area (Å²) < 4.78 is 5.23. The van der Waals surface area contributed by atoms with Crippen LogP contribution in [0.3, 0.4) is 0 Å². The van der Waals surface area contributed by atoms with Gasteiger partial charge in [0.1, 0.15) is 18.7 Å². The van der Waals surface area contributed by atoms with Crippen molar-refractivity contribution in [2.75, 3.05) is 6.54 Å². The number of hydrogen-bond acceptors (Lipinski definition) is 4. The predicted octanol–water partition coefficient (Wildman–Crippen LogP) is 3.14. The number of ether oxygens (including phenoxy) is 1. The highest BCUT2D eigenvalue weighted by atomic mass is 16.5. The molecule has 0 aliphatic heterocycles. The SMILES string of the molecule is CCCCNC(=O)[C@H](CC)NC(=O)[C@H](CC(C)C)NC(=O)OCc1ccccc1. The van der Waals surface area contributed by atoms with Crippen molar-refractivity contribution in [3.05, 3.63) is 35.9 Å². The lowest BCUT2D eigenvalue weighted by molar-refractivity contribution is -0.130. The molecule has 0 fully saturated rings. The van der Waals surface area contributed by atoms with E-state index in [1.54, 1.807) is 0 Å². The molecule has 3 amide bonds. The van der Waals surface area contributed by atoms with Gasteiger partial charge in [0.25, 0.3) is 0 Å². The van der Waals surface area contributed by atoms with Crippen molar-refractivity contribution in [3.8, 4) is 0 Å². The van der Waals surface area contributed by atoms with Crippen LogP contribution in [0.4, 0.5) is 4.79 Å². The molecule has 1 aromatic carbocycles. The molecule has 3 N–H and O–H groups in total. The normalized spacial score (nSPS) is 12.7. The Hall–Kier alpha value is -2.57. The largest absolute Gasteiger partial charge is 0.445 e. The minimum absolute atomic E-state index is 0.125. The lowest BCUT2D eigenvalue weighted by Gasteiger charge is -2.23. The van der Waals surface area contributed by atoms with E-state index in [1.807, 2.05) is 58.0 Å². The summed E-state index contributed by atoms with van der Waals surface area (Å²) in [7, 11) is 0. The van der Waals surface area contributed by atoms with Crippen molar-refractivity contribution in [2.45, 2.75) is 72.1 Å². The molecule has 1 rings (SSSR count). The predicted molar refractivity (Wildman–Crippen MR) is 113 cm³/mol. The van der Waals surface area contributed by atoms with Crippen LogP contribution >= 0.6 is 0 Å². The standard InChI is InChI=1S/C22H35N3O4/c1-5-7-13-23-20(26)18(6-2)24-21(27)19(14-16(3)4)25-22(28)29-15-17-11-9-8-10-12-17/h8-12,16,18-19H,5-7,13-15H2,1-4H3,(H,23,26)(H,24,27)(H,25,28)/t18-,19-/m0/s1. The molecule has 0 heterocycles. The number of alkyl carbamates (subject to hydrolysis) is 1. The van der Waals surface area contributed by atoms with E-state index in [1.165, 1.54) is 0 Å². The fraction of sp³-hybridized carbons (Fsp3) is 0.591. The van der Waals surface area contributed by atoms with Crippen LogP contribution in [-0.4, -0.2) is 36.5 Å². The molecule has 162 valence electrons. The topological polar surface area (TPSA) is 96.5 Å². The Bertz CT molecular complexity index is 634. The summed E-state index contributed by atoms with van der Waals surface area (Å²) in [5.41, 5.74) is 0.863. The van der Waals surface area contributed by atoms with Gasteiger partial charge in [-0.05, 0) is 30.7 Å². The molecule has 1 aromatic rings. The van der Waals surface area contributed by atoms with Gasteiger partial charge in [0, 0.05) is 6.54 Å². The first-order chi connectivity index (χ1) is 13.9. The van der Waals surface area contributed by atoms with Crippen LogP contribution in [0.25, 0.3) is 0 Å². The zero-order valence-corrected chi connectivity index (χ0v) is 18.0. The Labute approximate surface area is 174 Å². The fourth-order valence-electron chi connectivity index (χ4n) is 2.75. The van der Waals surface area contributed by atoms with E-state index in [-0.39, 0.29) is 24.3 Å². The number of carbonyl (C=O) groups is 3. The van der Waals surface area contributed by atoms with Crippen molar-refractivity contribution in [1.82, 2.24) is 16.0 Å². The molecule has 7 nitrogen and oxygen atoms in total. The van der Waals surface area contributed by atoms with Gasteiger partial charge in [-0.2, -0.15) is 0 Å². The summed E-state index contributed by atoms with van der Waals surface area (Å²) in [6.07, 6.45) is 2.13. The van der Waals surface area contributed by atoms with E-state index in [2.05, 4.69) is 16.0 Å². The van der Waals surface area contributed by atoms with Gasteiger partial charge in [0.15, 0.2) is 0 Å². The Balaban J connectivity index is 2.63. The van der Waals surface area contributed by atoms with Crippen molar-refractivity contribution in [3.63, 3.8) is 0 Å². The molecule has 0 aliphatic carbocycles. The van der Waals surface area contributed by atoms with E-state index in [4.69, 9.17) is 4.74 Å². The Morgan fingerprint density at radius 2 is 1.66 bits per heavy atom. The number of unbranched alkanes of at least 4 members (excludes halogenated alkanes) is 1. The number of carbonyl (C=O) groups excluding carboxylic acids is 3. The molecule has 0 aliphatic rings. The first-order valence-electron chi connectivity index (χ1n) is 10.4. The minimum atomic E-state index is -0.768. The second-order valence-electron chi connectivity index (χ2n) is 7.50. The van der Waals surface area contributed by atoms with Gasteiger partial charge in [-0.15, -0.1) is 0 Å². The van der Waals surface area contributed by atoms with E-state index in [9.17, 15) is 14.4 Å². The van der Waals surface area contributed by atoms with Crippen LogP contribution in [0.5, 0.6) is 0 Å². The molecule has 0 bridgehead atoms. The molecule has 0 unspecified atom stereocenters. The third kappa shape index (κ3) is 9.96. The molecule has 2 atom stereocenters. The molecule has 29 heavy (non-hydrogen) atoms. The Morgan fingerprint density at radius 3 is 2.24 bits per heavy atom. The van der Waals surface area contributed by atoms with Crippen molar-refractivity contribution < 1.29 is 19.1 Å². The molecule has 0 radical (unpaired) electrons. The highest BCUT2D eigenvalue weighted by Crippen LogP contribution is 2.07. The maximum atomic E-state index is 12.7. The summed E-state index contributed by atoms with van der Waals surface area (Å²) in [6, 6.07) is 7.93. The average molecular weight is 406 g/mol. The molecule has 7 heteroatoms. The van der Waals surface area contributed by atoms with E-state index < -0.39 is 18.2 Å². The van der Waals surface area contributed by atoms with Crippen LogP contribution in [0.2, 0.25) is 0 Å². The molecule has 0 aromatic heterocycles. The quantitative estimate of drug-likeness (QED) is 0.466. The molecular weight excluding hydrogens is 370 g/mol. The van der Waals surface area contributed by atoms with Crippen LogP contribution in [0.15, 0.2) is 30.3 Å². The molecule has 0 saturated heterocycles. The Kier molecular flexibility index (Phi) is 11.5. The molecule has 0 saturated carbocycles. The monoisotopic (exact) mass is 405 g/mol. The third-order valence-electron chi connectivity index (χ3n) is 4.40. The number of amides is 3.